The summed E-state index contributed by atoms with van der Waals surface area (Å²) in [5.74, 6) is 0.852. The maximum atomic E-state index is 12.9. The van der Waals surface area contributed by atoms with E-state index >= 15 is 0 Å². The molecule has 1 aliphatic rings. The molecule has 0 spiro atoms. The van der Waals surface area contributed by atoms with Crippen molar-refractivity contribution in [3.05, 3.63) is 70.3 Å². The second kappa shape index (κ2) is 7.06. The minimum atomic E-state index is -0.356. The van der Waals surface area contributed by atoms with Crippen LogP contribution in [-0.4, -0.2) is 22.5 Å². The molecule has 7 nitrogen and oxygen atoms in total. The zero-order valence-corrected chi connectivity index (χ0v) is 15.9. The van der Waals surface area contributed by atoms with Gasteiger partial charge in [-0.05, 0) is 29.6 Å². The molecule has 0 saturated carbocycles. The minimum Gasteiger partial charge on any atom is -0.454 e. The largest absolute Gasteiger partial charge is 0.454 e. The molecular weight excluding hydrogens is 390 g/mol. The van der Waals surface area contributed by atoms with Gasteiger partial charge in [0.1, 0.15) is 12.2 Å². The summed E-state index contributed by atoms with van der Waals surface area (Å²) in [5.41, 5.74) is 0.944. The predicted octanol–water partition coefficient (Wildman–Crippen LogP) is 3.49. The van der Waals surface area contributed by atoms with Gasteiger partial charge in [-0.2, -0.15) is 5.10 Å². The van der Waals surface area contributed by atoms with Crippen molar-refractivity contribution in [3.63, 3.8) is 0 Å². The molecule has 1 amide bonds. The predicted molar refractivity (Wildman–Crippen MR) is 111 cm³/mol. The number of aromatic nitrogens is 2. The summed E-state index contributed by atoms with van der Waals surface area (Å²) in [6, 6.07) is 16.3. The molecule has 3 heterocycles. The number of carbonyl (C=O) groups is 1. The van der Waals surface area contributed by atoms with E-state index in [1.165, 1.54) is 16.0 Å². The van der Waals surface area contributed by atoms with Gasteiger partial charge < -0.3 is 14.8 Å². The zero-order valence-electron chi connectivity index (χ0n) is 15.1. The standard InChI is InChI=1S/C21H15N3O4S/c25-19(22-13-7-8-16-17(10-13)28-12-27-16)11-24-21(26)15-5-2-1-4-14(15)20(23-24)18-6-3-9-29-18/h1-10H,11-12H2,(H,22,25). The van der Waals surface area contributed by atoms with Crippen LogP contribution in [0, 0.1) is 0 Å². The van der Waals surface area contributed by atoms with Crippen molar-refractivity contribution in [1.82, 2.24) is 9.78 Å². The molecule has 0 unspecified atom stereocenters. The lowest BCUT2D eigenvalue weighted by atomic mass is 10.1. The third kappa shape index (κ3) is 3.23. The molecule has 0 saturated heterocycles. The zero-order chi connectivity index (χ0) is 19.8. The molecular formula is C21H15N3O4S. The first kappa shape index (κ1) is 17.4. The molecule has 0 atom stereocenters. The first-order valence-electron chi connectivity index (χ1n) is 8.92. The first-order valence-corrected chi connectivity index (χ1v) is 9.80. The number of carbonyl (C=O) groups excluding carboxylic acids is 1. The Kier molecular flexibility index (Phi) is 4.25. The van der Waals surface area contributed by atoms with Crippen molar-refractivity contribution in [1.29, 1.82) is 0 Å². The second-order valence-electron chi connectivity index (χ2n) is 6.45. The summed E-state index contributed by atoms with van der Waals surface area (Å²) in [6.45, 7) is -0.0366. The fraction of sp³-hybridized carbons (Fsp3) is 0.0952. The Morgan fingerprint density at radius 3 is 2.72 bits per heavy atom. The number of fused-ring (bicyclic) bond motifs is 2. The summed E-state index contributed by atoms with van der Waals surface area (Å²) in [7, 11) is 0. The highest BCUT2D eigenvalue weighted by Crippen LogP contribution is 2.34. The monoisotopic (exact) mass is 405 g/mol. The Balaban J connectivity index is 1.48. The van der Waals surface area contributed by atoms with Crippen LogP contribution in [0.15, 0.2) is 64.8 Å². The summed E-state index contributed by atoms with van der Waals surface area (Å²) >= 11 is 1.53. The highest BCUT2D eigenvalue weighted by Gasteiger charge is 2.17. The molecule has 0 radical (unpaired) electrons. The SMILES string of the molecule is O=C(Cn1nc(-c2cccs2)c2ccccc2c1=O)Nc1ccc2c(c1)OCO2. The molecule has 1 aliphatic heterocycles. The second-order valence-corrected chi connectivity index (χ2v) is 7.40. The van der Waals surface area contributed by atoms with Gasteiger partial charge in [0.15, 0.2) is 11.5 Å². The summed E-state index contributed by atoms with van der Waals surface area (Å²) in [4.78, 5) is 26.4. The quantitative estimate of drug-likeness (QED) is 0.562. The van der Waals surface area contributed by atoms with E-state index in [1.54, 1.807) is 30.3 Å². The Hall–Kier alpha value is -3.65. The smallest absolute Gasteiger partial charge is 0.275 e. The number of rotatable bonds is 4. The molecule has 8 heteroatoms. The lowest BCUT2D eigenvalue weighted by Crippen LogP contribution is -2.30. The number of thiophene rings is 1. The fourth-order valence-corrected chi connectivity index (χ4v) is 3.97. The van der Waals surface area contributed by atoms with E-state index in [-0.39, 0.29) is 24.8 Å². The van der Waals surface area contributed by atoms with Crippen LogP contribution < -0.4 is 20.3 Å². The molecule has 1 N–H and O–H groups in total. The van der Waals surface area contributed by atoms with E-state index in [0.717, 1.165) is 10.3 Å². The van der Waals surface area contributed by atoms with Gasteiger partial charge in [-0.25, -0.2) is 4.68 Å². The number of hydrogen-bond donors (Lipinski definition) is 1. The number of hydrogen-bond acceptors (Lipinski definition) is 6. The van der Waals surface area contributed by atoms with Gasteiger partial charge in [-0.3, -0.25) is 9.59 Å². The highest BCUT2D eigenvalue weighted by molar-refractivity contribution is 7.13. The van der Waals surface area contributed by atoms with Gasteiger partial charge in [0.25, 0.3) is 5.56 Å². The van der Waals surface area contributed by atoms with Crippen LogP contribution in [0.5, 0.6) is 11.5 Å². The molecule has 2 aromatic carbocycles. The van der Waals surface area contributed by atoms with E-state index in [9.17, 15) is 9.59 Å². The lowest BCUT2D eigenvalue weighted by molar-refractivity contribution is -0.117. The number of amides is 1. The van der Waals surface area contributed by atoms with Gasteiger partial charge >= 0.3 is 0 Å². The number of nitrogens with zero attached hydrogens (tertiary/aromatic N) is 2. The van der Waals surface area contributed by atoms with Gasteiger partial charge in [0, 0.05) is 17.1 Å². The topological polar surface area (TPSA) is 82.5 Å². The van der Waals surface area contributed by atoms with Crippen LogP contribution in [0.1, 0.15) is 0 Å². The molecule has 5 rings (SSSR count). The number of benzene rings is 2. The molecule has 2 aromatic heterocycles. The third-order valence-electron chi connectivity index (χ3n) is 4.57. The van der Waals surface area contributed by atoms with E-state index in [2.05, 4.69) is 10.4 Å². The van der Waals surface area contributed by atoms with Crippen LogP contribution in [0.25, 0.3) is 21.3 Å². The Bertz CT molecular complexity index is 1280. The Labute approximate surface area is 169 Å². The molecule has 0 bridgehead atoms. The van der Waals surface area contributed by atoms with Gasteiger partial charge in [-0.15, -0.1) is 11.3 Å². The van der Waals surface area contributed by atoms with Crippen molar-refractivity contribution < 1.29 is 14.3 Å². The van der Waals surface area contributed by atoms with E-state index < -0.39 is 0 Å². The van der Waals surface area contributed by atoms with E-state index in [1.807, 2.05) is 29.6 Å². The molecule has 29 heavy (non-hydrogen) atoms. The number of ether oxygens (including phenoxy) is 2. The van der Waals surface area contributed by atoms with Crippen molar-refractivity contribution in [2.75, 3.05) is 12.1 Å². The summed E-state index contributed by atoms with van der Waals surface area (Å²) in [5, 5.41) is 10.5. The van der Waals surface area contributed by atoms with Crippen molar-refractivity contribution in [2.24, 2.45) is 0 Å². The first-order chi connectivity index (χ1) is 14.2. The summed E-state index contributed by atoms with van der Waals surface area (Å²) in [6.07, 6.45) is 0. The molecule has 0 fully saturated rings. The molecule has 0 aliphatic carbocycles. The van der Waals surface area contributed by atoms with Gasteiger partial charge in [0.05, 0.1) is 10.3 Å². The average molecular weight is 405 g/mol. The highest BCUT2D eigenvalue weighted by atomic mass is 32.1. The number of anilines is 1. The summed E-state index contributed by atoms with van der Waals surface area (Å²) < 4.78 is 11.8. The minimum absolute atomic E-state index is 0.161. The fourth-order valence-electron chi connectivity index (χ4n) is 3.25. The average Bonchev–Trinajstić information content (AvgIpc) is 3.41. The van der Waals surface area contributed by atoms with Gasteiger partial charge in [-0.1, -0.05) is 24.3 Å². The Morgan fingerprint density at radius 1 is 1.07 bits per heavy atom. The van der Waals surface area contributed by atoms with Crippen LogP contribution in [-0.2, 0) is 11.3 Å². The normalized spacial score (nSPS) is 12.3. The van der Waals surface area contributed by atoms with Crippen LogP contribution in [0.4, 0.5) is 5.69 Å². The van der Waals surface area contributed by atoms with Crippen molar-refractivity contribution in [2.45, 2.75) is 6.54 Å². The maximum Gasteiger partial charge on any atom is 0.275 e. The van der Waals surface area contributed by atoms with Crippen LogP contribution in [0.3, 0.4) is 0 Å². The maximum absolute atomic E-state index is 12.9. The van der Waals surface area contributed by atoms with Crippen LogP contribution >= 0.6 is 11.3 Å². The lowest BCUT2D eigenvalue weighted by Gasteiger charge is -2.11. The van der Waals surface area contributed by atoms with Crippen molar-refractivity contribution >= 4 is 33.7 Å². The Morgan fingerprint density at radius 2 is 1.90 bits per heavy atom. The molecule has 4 aromatic rings. The van der Waals surface area contributed by atoms with Crippen molar-refractivity contribution in [3.8, 4) is 22.1 Å². The van der Waals surface area contributed by atoms with Crippen LogP contribution in [0.2, 0.25) is 0 Å². The number of nitrogens with one attached hydrogen (secondary N) is 1. The molecule has 144 valence electrons. The van der Waals surface area contributed by atoms with Gasteiger partial charge in [0.2, 0.25) is 12.7 Å². The van der Waals surface area contributed by atoms with E-state index in [0.29, 0.717) is 28.3 Å². The van der Waals surface area contributed by atoms with E-state index in [4.69, 9.17) is 9.47 Å². The third-order valence-corrected chi connectivity index (χ3v) is 5.45.